The predicted octanol–water partition coefficient (Wildman–Crippen LogP) is 0.759. The number of fused-ring (bicyclic) bond motifs is 5. The first-order valence-electron chi connectivity index (χ1n) is 6.83. The second kappa shape index (κ2) is 4.67. The van der Waals surface area contributed by atoms with Crippen molar-refractivity contribution in [3.63, 3.8) is 0 Å². The highest BCUT2D eigenvalue weighted by Crippen LogP contribution is 2.58. The van der Waals surface area contributed by atoms with Gasteiger partial charge in [0, 0.05) is 5.92 Å². The van der Waals surface area contributed by atoms with Crippen molar-refractivity contribution in [2.45, 2.75) is 36.4 Å². The molecule has 0 amide bonds. The molecule has 22 heavy (non-hydrogen) atoms. The molecule has 3 aliphatic carbocycles. The van der Waals surface area contributed by atoms with E-state index >= 15 is 0 Å². The van der Waals surface area contributed by atoms with E-state index in [1.54, 1.807) is 0 Å². The van der Waals surface area contributed by atoms with E-state index in [-0.39, 0.29) is 11.8 Å². The van der Waals surface area contributed by atoms with Crippen LogP contribution >= 0.6 is 0 Å². The Labute approximate surface area is 125 Å². The summed E-state index contributed by atoms with van der Waals surface area (Å²) in [7, 11) is -11.0. The Morgan fingerprint density at radius 1 is 1.00 bits per heavy atom. The van der Waals surface area contributed by atoms with Crippen molar-refractivity contribution in [2.24, 2.45) is 23.7 Å². The van der Waals surface area contributed by atoms with E-state index in [1.807, 2.05) is 0 Å². The molecule has 1 N–H and O–H groups in total. The number of hydrogen-bond acceptors (Lipinski definition) is 5. The number of halogens is 3. The van der Waals surface area contributed by atoms with Crippen molar-refractivity contribution in [2.75, 3.05) is 0 Å². The van der Waals surface area contributed by atoms with Crippen LogP contribution in [0.5, 0.6) is 0 Å². The van der Waals surface area contributed by atoms with Crippen molar-refractivity contribution in [3.05, 3.63) is 0 Å². The van der Waals surface area contributed by atoms with E-state index in [0.29, 0.717) is 10.5 Å². The maximum atomic E-state index is 12.4. The first-order chi connectivity index (χ1) is 9.96. The quantitative estimate of drug-likeness (QED) is 0.800. The van der Waals surface area contributed by atoms with Gasteiger partial charge in [-0.3, -0.25) is 4.79 Å². The maximum Gasteiger partial charge on any atom is 0.512 e. The molecular weight excluding hydrogens is 347 g/mol. The molecule has 0 aromatic rings. The second-order valence-electron chi connectivity index (χ2n) is 6.17. The number of hydrogen-bond donors (Lipinski definition) is 1. The van der Waals surface area contributed by atoms with Crippen LogP contribution in [0.25, 0.3) is 0 Å². The number of nitrogens with one attached hydrogen (secondary N) is 1. The van der Waals surface area contributed by atoms with Gasteiger partial charge in [-0.15, -0.1) is 4.13 Å². The third-order valence-corrected chi connectivity index (χ3v) is 8.78. The Hall–Kier alpha value is -0.680. The zero-order valence-corrected chi connectivity index (χ0v) is 12.8. The molecule has 0 aliphatic heterocycles. The van der Waals surface area contributed by atoms with Crippen LogP contribution in [-0.4, -0.2) is 33.4 Å². The summed E-state index contributed by atoms with van der Waals surface area (Å²) >= 11 is 0. The maximum absolute atomic E-state index is 12.4. The summed E-state index contributed by atoms with van der Waals surface area (Å²) in [6.45, 7) is 0. The van der Waals surface area contributed by atoms with Gasteiger partial charge in [0.05, 0.1) is 0 Å². The standard InChI is InChI=1S/C11H14F3NO5S2/c12-11(13,14)22(19,20)15-21(17,18)10-8-4-7(9(10)16)5-2-1-3-6(5)8/h5-8,10,15H,1-4H2. The van der Waals surface area contributed by atoms with E-state index < -0.39 is 48.4 Å². The van der Waals surface area contributed by atoms with Crippen LogP contribution in [-0.2, 0) is 24.8 Å². The Balaban J connectivity index is 1.90. The van der Waals surface area contributed by atoms with Crippen molar-refractivity contribution >= 4 is 25.8 Å². The number of carbonyl (C=O) groups excluding carboxylic acids is 1. The van der Waals surface area contributed by atoms with Crippen molar-refractivity contribution < 1.29 is 34.8 Å². The first kappa shape index (κ1) is 16.2. The first-order valence-corrected chi connectivity index (χ1v) is 9.86. The minimum Gasteiger partial charge on any atom is -0.298 e. The summed E-state index contributed by atoms with van der Waals surface area (Å²) in [4.78, 5) is 12.2. The fraction of sp³-hybridized carbons (Fsp3) is 0.909. The molecule has 3 saturated carbocycles. The molecule has 0 aromatic heterocycles. The third-order valence-electron chi connectivity index (χ3n) is 5.12. The van der Waals surface area contributed by atoms with Crippen LogP contribution in [0.4, 0.5) is 13.2 Å². The molecule has 2 bridgehead atoms. The lowest BCUT2D eigenvalue weighted by atomic mass is 9.81. The summed E-state index contributed by atoms with van der Waals surface area (Å²) in [5.74, 6) is -1.60. The van der Waals surface area contributed by atoms with Gasteiger partial charge in [0.25, 0.3) is 0 Å². The summed E-state index contributed by atoms with van der Waals surface area (Å²) in [5.41, 5.74) is -5.74. The van der Waals surface area contributed by atoms with Gasteiger partial charge in [0.2, 0.25) is 10.0 Å². The number of sulfonamides is 2. The molecule has 5 unspecified atom stereocenters. The fourth-order valence-corrected chi connectivity index (χ4v) is 7.69. The molecule has 0 radical (unpaired) electrons. The van der Waals surface area contributed by atoms with Gasteiger partial charge in [-0.25, -0.2) is 16.8 Å². The summed E-state index contributed by atoms with van der Waals surface area (Å²) in [6, 6.07) is 0. The predicted molar refractivity (Wildman–Crippen MR) is 68.3 cm³/mol. The van der Waals surface area contributed by atoms with Crippen LogP contribution < -0.4 is 4.13 Å². The number of carbonyl (C=O) groups is 1. The lowest BCUT2D eigenvalue weighted by molar-refractivity contribution is -0.123. The number of Topliss-reactive ketones (excluding diaryl/α,β-unsaturated/α-hetero) is 1. The average Bonchev–Trinajstić information content (AvgIpc) is 2.94. The van der Waals surface area contributed by atoms with Crippen LogP contribution in [0.1, 0.15) is 25.7 Å². The molecular formula is C11H14F3NO5S2. The topological polar surface area (TPSA) is 97.4 Å². The van der Waals surface area contributed by atoms with Crippen LogP contribution in [0.3, 0.4) is 0 Å². The smallest absolute Gasteiger partial charge is 0.298 e. The molecule has 0 spiro atoms. The van der Waals surface area contributed by atoms with Crippen LogP contribution in [0.2, 0.25) is 0 Å². The number of ketones is 1. The Bertz CT molecular complexity index is 714. The molecule has 6 nitrogen and oxygen atoms in total. The summed E-state index contributed by atoms with van der Waals surface area (Å²) in [6.07, 6.45) is 2.73. The summed E-state index contributed by atoms with van der Waals surface area (Å²) in [5, 5.41) is -1.69. The molecule has 0 saturated heterocycles. The van der Waals surface area contributed by atoms with Gasteiger partial charge in [-0.2, -0.15) is 13.2 Å². The molecule has 0 heterocycles. The van der Waals surface area contributed by atoms with Crippen LogP contribution in [0.15, 0.2) is 0 Å². The average molecular weight is 361 g/mol. The zero-order valence-electron chi connectivity index (χ0n) is 11.2. The summed E-state index contributed by atoms with van der Waals surface area (Å²) < 4.78 is 84.0. The molecule has 11 heteroatoms. The number of alkyl halides is 3. The van der Waals surface area contributed by atoms with E-state index in [0.717, 1.165) is 19.3 Å². The minimum absolute atomic E-state index is 0.0159. The Morgan fingerprint density at radius 2 is 1.59 bits per heavy atom. The molecule has 126 valence electrons. The highest BCUT2D eigenvalue weighted by molar-refractivity contribution is 8.05. The molecule has 0 aromatic carbocycles. The minimum atomic E-state index is -6.05. The van der Waals surface area contributed by atoms with Crippen molar-refractivity contribution in [3.8, 4) is 0 Å². The van der Waals surface area contributed by atoms with E-state index in [2.05, 4.69) is 0 Å². The lowest BCUT2D eigenvalue weighted by Gasteiger charge is -2.30. The van der Waals surface area contributed by atoms with Crippen molar-refractivity contribution in [1.29, 1.82) is 0 Å². The van der Waals surface area contributed by atoms with E-state index in [1.165, 1.54) is 0 Å². The Morgan fingerprint density at radius 3 is 2.18 bits per heavy atom. The zero-order chi connectivity index (χ0) is 16.5. The third kappa shape index (κ3) is 2.20. The molecule has 3 aliphatic rings. The largest absolute Gasteiger partial charge is 0.512 e. The highest BCUT2D eigenvalue weighted by Gasteiger charge is 2.63. The monoisotopic (exact) mass is 361 g/mol. The van der Waals surface area contributed by atoms with Crippen LogP contribution in [0, 0.1) is 23.7 Å². The van der Waals surface area contributed by atoms with Gasteiger partial charge < -0.3 is 0 Å². The normalized spacial score (nSPS) is 38.5. The SMILES string of the molecule is O=C1C2CC(C3CCCC23)C1S(=O)(=O)NS(=O)(=O)C(F)(F)F. The molecule has 3 rings (SSSR count). The number of rotatable bonds is 3. The molecule has 3 fully saturated rings. The fourth-order valence-electron chi connectivity index (χ4n) is 4.42. The van der Waals surface area contributed by atoms with Gasteiger partial charge in [0.1, 0.15) is 5.25 Å². The van der Waals surface area contributed by atoms with E-state index in [4.69, 9.17) is 0 Å². The second-order valence-corrected chi connectivity index (χ2v) is 9.90. The van der Waals surface area contributed by atoms with Gasteiger partial charge in [-0.1, -0.05) is 6.42 Å². The van der Waals surface area contributed by atoms with Crippen molar-refractivity contribution in [1.82, 2.24) is 4.13 Å². The lowest BCUT2D eigenvalue weighted by Crippen LogP contribution is -2.50. The molecule has 5 atom stereocenters. The van der Waals surface area contributed by atoms with E-state index in [9.17, 15) is 34.8 Å². The van der Waals surface area contributed by atoms with Gasteiger partial charge >= 0.3 is 15.5 Å². The highest BCUT2D eigenvalue weighted by atomic mass is 32.3. The Kier molecular flexibility index (Phi) is 3.43. The van der Waals surface area contributed by atoms with Gasteiger partial charge in [-0.05, 0) is 37.0 Å². The van der Waals surface area contributed by atoms with Gasteiger partial charge in [0.15, 0.2) is 5.78 Å².